The molecule has 0 fully saturated rings. The van der Waals surface area contributed by atoms with Gasteiger partial charge in [-0.2, -0.15) is 0 Å². The third-order valence-corrected chi connectivity index (χ3v) is 4.18. The minimum absolute atomic E-state index is 0.0483. The zero-order chi connectivity index (χ0) is 18.4. The maximum Gasteiger partial charge on any atom is 0.258 e. The number of rotatable bonds is 7. The Morgan fingerprint density at radius 2 is 1.96 bits per heavy atom. The molecule has 0 radical (unpaired) electrons. The van der Waals surface area contributed by atoms with Gasteiger partial charge in [-0.25, -0.2) is 9.37 Å². The molecular weight excluding hydrogens is 401 g/mol. The second kappa shape index (κ2) is 8.62. The van der Waals surface area contributed by atoms with Crippen LogP contribution in [0.2, 0.25) is 0 Å². The van der Waals surface area contributed by atoms with E-state index in [0.29, 0.717) is 11.0 Å². The molecule has 0 spiro atoms. The lowest BCUT2D eigenvalue weighted by atomic mass is 10.1. The van der Waals surface area contributed by atoms with Crippen LogP contribution in [0.5, 0.6) is 5.75 Å². The molecule has 1 amide bonds. The van der Waals surface area contributed by atoms with E-state index in [0.717, 1.165) is 17.7 Å². The predicted molar refractivity (Wildman–Crippen MR) is 99.2 cm³/mol. The van der Waals surface area contributed by atoms with Crippen LogP contribution in [0, 0.1) is 5.82 Å². The Morgan fingerprint density at radius 3 is 2.65 bits per heavy atom. The minimum Gasteiger partial charge on any atom is -0.481 e. The van der Waals surface area contributed by atoms with Crippen LogP contribution >= 0.6 is 15.9 Å². The summed E-state index contributed by atoms with van der Waals surface area (Å²) in [7, 11) is 0. The van der Waals surface area contributed by atoms with Crippen LogP contribution in [-0.2, 0) is 17.9 Å². The molecule has 134 valence electrons. The Morgan fingerprint density at radius 1 is 1.19 bits per heavy atom. The number of benzene rings is 2. The van der Waals surface area contributed by atoms with Crippen molar-refractivity contribution in [3.63, 3.8) is 0 Å². The first kappa shape index (κ1) is 18.1. The Labute approximate surface area is 159 Å². The number of hydrogen-bond donors (Lipinski definition) is 1. The number of nitrogens with zero attached hydrogens (tertiary/aromatic N) is 2. The molecule has 0 saturated heterocycles. The van der Waals surface area contributed by atoms with Crippen LogP contribution in [0.15, 0.2) is 65.7 Å². The Kier molecular flexibility index (Phi) is 6.01. The molecule has 0 atom stereocenters. The first-order valence-corrected chi connectivity index (χ1v) is 8.77. The van der Waals surface area contributed by atoms with E-state index in [4.69, 9.17) is 4.74 Å². The molecule has 1 aromatic heterocycles. The third-order valence-electron chi connectivity index (χ3n) is 3.69. The van der Waals surface area contributed by atoms with E-state index < -0.39 is 5.82 Å². The predicted octanol–water partition coefficient (Wildman–Crippen LogP) is 3.53. The van der Waals surface area contributed by atoms with Crippen molar-refractivity contribution in [2.24, 2.45) is 0 Å². The van der Waals surface area contributed by atoms with Gasteiger partial charge in [0.25, 0.3) is 5.91 Å². The summed E-state index contributed by atoms with van der Waals surface area (Å²) in [5.41, 5.74) is 2.12. The molecule has 0 aliphatic carbocycles. The van der Waals surface area contributed by atoms with Gasteiger partial charge in [-0.05, 0) is 29.3 Å². The first-order chi connectivity index (χ1) is 12.6. The van der Waals surface area contributed by atoms with Crippen molar-refractivity contribution in [3.05, 3.63) is 82.6 Å². The largest absolute Gasteiger partial charge is 0.481 e. The number of nitrogens with one attached hydrogen (secondary N) is 1. The van der Waals surface area contributed by atoms with Gasteiger partial charge in [0.15, 0.2) is 18.2 Å². The topological polar surface area (TPSA) is 56.1 Å². The molecule has 3 aromatic rings. The molecular formula is C19H17BrFN3O2. The molecule has 0 saturated carbocycles. The number of halogens is 2. The van der Waals surface area contributed by atoms with Gasteiger partial charge in [-0.15, -0.1) is 0 Å². The minimum atomic E-state index is -0.513. The number of aromatic nitrogens is 2. The molecule has 0 aliphatic rings. The van der Waals surface area contributed by atoms with E-state index in [1.807, 2.05) is 35.0 Å². The van der Waals surface area contributed by atoms with Crippen LogP contribution in [0.3, 0.4) is 0 Å². The highest BCUT2D eigenvalue weighted by Gasteiger charge is 2.07. The van der Waals surface area contributed by atoms with E-state index in [9.17, 15) is 9.18 Å². The van der Waals surface area contributed by atoms with Crippen LogP contribution in [0.4, 0.5) is 4.39 Å². The van der Waals surface area contributed by atoms with E-state index in [2.05, 4.69) is 26.2 Å². The zero-order valence-electron chi connectivity index (χ0n) is 13.9. The summed E-state index contributed by atoms with van der Waals surface area (Å²) in [6.07, 6.45) is 5.41. The fraction of sp³-hybridized carbons (Fsp3) is 0.158. The average molecular weight is 418 g/mol. The van der Waals surface area contributed by atoms with Crippen molar-refractivity contribution in [2.45, 2.75) is 13.1 Å². The van der Waals surface area contributed by atoms with Crippen LogP contribution < -0.4 is 10.1 Å². The number of carbonyl (C=O) groups is 1. The zero-order valence-corrected chi connectivity index (χ0v) is 15.4. The maximum absolute atomic E-state index is 13.6. The van der Waals surface area contributed by atoms with E-state index in [1.165, 1.54) is 12.1 Å². The van der Waals surface area contributed by atoms with E-state index in [1.54, 1.807) is 18.6 Å². The van der Waals surface area contributed by atoms with Gasteiger partial charge < -0.3 is 14.6 Å². The molecule has 0 bridgehead atoms. The number of carbonyl (C=O) groups excluding carboxylic acids is 1. The number of ether oxygens (including phenoxy) is 1. The molecule has 3 rings (SSSR count). The highest BCUT2D eigenvalue weighted by atomic mass is 79.9. The second-order valence-electron chi connectivity index (χ2n) is 5.69. The van der Waals surface area contributed by atoms with Crippen LogP contribution in [-0.4, -0.2) is 22.1 Å². The molecule has 5 nitrogen and oxygen atoms in total. The molecule has 26 heavy (non-hydrogen) atoms. The summed E-state index contributed by atoms with van der Waals surface area (Å²) in [6.45, 7) is 0.896. The van der Waals surface area contributed by atoms with E-state index in [-0.39, 0.29) is 18.3 Å². The summed E-state index contributed by atoms with van der Waals surface area (Å²) in [5.74, 6) is -0.775. The Bertz CT molecular complexity index is 867. The Balaban J connectivity index is 1.45. The lowest BCUT2D eigenvalue weighted by molar-refractivity contribution is -0.123. The lowest BCUT2D eigenvalue weighted by Crippen LogP contribution is -2.28. The van der Waals surface area contributed by atoms with Crippen molar-refractivity contribution in [1.82, 2.24) is 14.9 Å². The van der Waals surface area contributed by atoms with Crippen molar-refractivity contribution < 1.29 is 13.9 Å². The quantitative estimate of drug-likeness (QED) is 0.639. The van der Waals surface area contributed by atoms with Gasteiger partial charge in [0.05, 0.1) is 6.33 Å². The summed E-state index contributed by atoms with van der Waals surface area (Å²) in [5, 5.41) is 2.75. The van der Waals surface area contributed by atoms with Gasteiger partial charge in [0.2, 0.25) is 0 Å². The molecule has 1 N–H and O–H groups in total. The van der Waals surface area contributed by atoms with Crippen molar-refractivity contribution in [2.75, 3.05) is 6.61 Å². The van der Waals surface area contributed by atoms with Gasteiger partial charge >= 0.3 is 0 Å². The van der Waals surface area contributed by atoms with Gasteiger partial charge in [0.1, 0.15) is 0 Å². The van der Waals surface area contributed by atoms with Crippen molar-refractivity contribution >= 4 is 21.8 Å². The summed E-state index contributed by atoms with van der Waals surface area (Å²) in [6, 6.07) is 12.4. The highest BCUT2D eigenvalue weighted by Crippen LogP contribution is 2.21. The fourth-order valence-corrected chi connectivity index (χ4v) is 2.67. The molecule has 0 aliphatic heterocycles. The molecule has 7 heteroatoms. The van der Waals surface area contributed by atoms with Gasteiger partial charge in [-0.3, -0.25) is 4.79 Å². The van der Waals surface area contributed by atoms with Gasteiger partial charge in [0, 0.05) is 30.0 Å². The SMILES string of the molecule is O=C(COc1ccc(Br)cc1F)NCc1ccc(Cn2ccnc2)cc1. The van der Waals surface area contributed by atoms with Crippen molar-refractivity contribution in [3.8, 4) is 5.75 Å². The highest BCUT2D eigenvalue weighted by molar-refractivity contribution is 9.10. The first-order valence-electron chi connectivity index (χ1n) is 7.98. The monoisotopic (exact) mass is 417 g/mol. The van der Waals surface area contributed by atoms with Gasteiger partial charge in [-0.1, -0.05) is 40.2 Å². The lowest BCUT2D eigenvalue weighted by Gasteiger charge is -2.09. The molecule has 0 unspecified atom stereocenters. The molecule has 1 heterocycles. The normalized spacial score (nSPS) is 10.5. The van der Waals surface area contributed by atoms with Crippen LogP contribution in [0.1, 0.15) is 11.1 Å². The summed E-state index contributed by atoms with van der Waals surface area (Å²) < 4.78 is 21.4. The fourth-order valence-electron chi connectivity index (χ4n) is 2.34. The average Bonchev–Trinajstić information content (AvgIpc) is 3.13. The summed E-state index contributed by atoms with van der Waals surface area (Å²) in [4.78, 5) is 15.9. The maximum atomic E-state index is 13.6. The summed E-state index contributed by atoms with van der Waals surface area (Å²) >= 11 is 3.17. The smallest absolute Gasteiger partial charge is 0.258 e. The Hall–Kier alpha value is -2.67. The van der Waals surface area contributed by atoms with Crippen LogP contribution in [0.25, 0.3) is 0 Å². The number of amides is 1. The third kappa shape index (κ3) is 5.16. The second-order valence-corrected chi connectivity index (χ2v) is 6.61. The van der Waals surface area contributed by atoms with Crippen molar-refractivity contribution in [1.29, 1.82) is 0 Å². The standard InChI is InChI=1S/C19H17BrFN3O2/c20-16-5-6-18(17(21)9-16)26-12-19(25)23-10-14-1-3-15(4-2-14)11-24-8-7-22-13-24/h1-9,13H,10-12H2,(H,23,25). The van der Waals surface area contributed by atoms with E-state index >= 15 is 0 Å². The molecule has 2 aromatic carbocycles. The number of imidazole rings is 1. The number of hydrogen-bond acceptors (Lipinski definition) is 3.